The van der Waals surface area contributed by atoms with Gasteiger partial charge >= 0.3 is 0 Å². The van der Waals surface area contributed by atoms with E-state index in [9.17, 15) is 4.79 Å². The number of halogens is 1. The van der Waals surface area contributed by atoms with Crippen molar-refractivity contribution in [3.05, 3.63) is 23.2 Å². The largest absolute Gasteiger partial charge is 0.399 e. The maximum Gasteiger partial charge on any atom is 0.238 e. The molecule has 1 aromatic rings. The third kappa shape index (κ3) is 4.39. The minimum Gasteiger partial charge on any atom is -0.399 e. The summed E-state index contributed by atoms with van der Waals surface area (Å²) in [5.41, 5.74) is 6.85. The van der Waals surface area contributed by atoms with E-state index in [1.54, 1.807) is 18.2 Å². The fourth-order valence-corrected chi connectivity index (χ4v) is 2.43. The van der Waals surface area contributed by atoms with Crippen molar-refractivity contribution in [2.24, 2.45) is 0 Å². The zero-order chi connectivity index (χ0) is 14.5. The Morgan fingerprint density at radius 1 is 1.50 bits per heavy atom. The first kappa shape index (κ1) is 15.1. The number of nitrogen functional groups attached to an aromatic ring is 1. The molecule has 3 N–H and O–H groups in total. The molecule has 0 spiro atoms. The van der Waals surface area contributed by atoms with Crippen LogP contribution in [-0.2, 0) is 4.79 Å². The van der Waals surface area contributed by atoms with Crippen LogP contribution in [0, 0.1) is 0 Å². The summed E-state index contributed by atoms with van der Waals surface area (Å²) in [4.78, 5) is 14.4. The van der Waals surface area contributed by atoms with Crippen LogP contribution in [0.15, 0.2) is 18.2 Å². The van der Waals surface area contributed by atoms with E-state index in [0.717, 1.165) is 19.4 Å². The lowest BCUT2D eigenvalue weighted by molar-refractivity contribution is -0.117. The molecule has 4 nitrogen and oxygen atoms in total. The second-order valence-electron chi connectivity index (χ2n) is 5.34. The second-order valence-corrected chi connectivity index (χ2v) is 5.75. The van der Waals surface area contributed by atoms with Gasteiger partial charge in [0.2, 0.25) is 5.91 Å². The van der Waals surface area contributed by atoms with E-state index in [1.807, 2.05) is 0 Å². The molecule has 1 saturated carbocycles. The number of rotatable bonds is 7. The molecule has 0 saturated heterocycles. The number of anilines is 2. The number of carbonyl (C=O) groups excluding carboxylic acids is 1. The number of nitrogens with zero attached hydrogens (tertiary/aromatic N) is 1. The van der Waals surface area contributed by atoms with Gasteiger partial charge in [-0.2, -0.15) is 0 Å². The van der Waals surface area contributed by atoms with E-state index in [0.29, 0.717) is 29.0 Å². The average molecular weight is 296 g/mol. The number of benzene rings is 1. The summed E-state index contributed by atoms with van der Waals surface area (Å²) in [5.74, 6) is -0.0142. The van der Waals surface area contributed by atoms with Crippen molar-refractivity contribution < 1.29 is 4.79 Å². The van der Waals surface area contributed by atoms with Crippen molar-refractivity contribution in [1.82, 2.24) is 4.90 Å². The summed E-state index contributed by atoms with van der Waals surface area (Å²) in [6.45, 7) is 3.59. The lowest BCUT2D eigenvalue weighted by Gasteiger charge is -2.21. The van der Waals surface area contributed by atoms with Crippen molar-refractivity contribution in [3.63, 3.8) is 0 Å². The summed E-state index contributed by atoms with van der Waals surface area (Å²) in [6.07, 6.45) is 4.69. The lowest BCUT2D eigenvalue weighted by Crippen LogP contribution is -2.35. The maximum atomic E-state index is 12.1. The van der Waals surface area contributed by atoms with Gasteiger partial charge in [-0.1, -0.05) is 24.9 Å². The van der Waals surface area contributed by atoms with Crippen molar-refractivity contribution >= 4 is 28.9 Å². The van der Waals surface area contributed by atoms with E-state index in [-0.39, 0.29) is 5.91 Å². The Bertz CT molecular complexity index is 474. The van der Waals surface area contributed by atoms with Crippen molar-refractivity contribution in [2.75, 3.05) is 24.1 Å². The van der Waals surface area contributed by atoms with Crippen LogP contribution in [0.4, 0.5) is 11.4 Å². The zero-order valence-corrected chi connectivity index (χ0v) is 12.6. The minimum absolute atomic E-state index is 0.0142. The number of hydrogen-bond acceptors (Lipinski definition) is 3. The second kappa shape index (κ2) is 6.95. The van der Waals surface area contributed by atoms with E-state index in [1.165, 1.54) is 12.8 Å². The molecule has 1 aliphatic rings. The Morgan fingerprint density at radius 2 is 2.25 bits per heavy atom. The zero-order valence-electron chi connectivity index (χ0n) is 11.9. The van der Waals surface area contributed by atoms with Crippen LogP contribution in [0.5, 0.6) is 0 Å². The third-order valence-corrected chi connectivity index (χ3v) is 3.79. The molecule has 0 unspecified atom stereocenters. The van der Waals surface area contributed by atoms with E-state index < -0.39 is 0 Å². The predicted octanol–water partition coefficient (Wildman–Crippen LogP) is 3.13. The normalized spacial score (nSPS) is 14.6. The summed E-state index contributed by atoms with van der Waals surface area (Å²) >= 11 is 6.06. The molecule has 20 heavy (non-hydrogen) atoms. The standard InChI is InChI=1S/C15H22ClN3O/c1-2-3-8-19(12-5-6-12)10-15(20)18-14-7-4-11(17)9-13(14)16/h4,7,9,12H,2-3,5-6,8,10,17H2,1H3,(H,18,20). The Morgan fingerprint density at radius 3 is 2.85 bits per heavy atom. The third-order valence-electron chi connectivity index (χ3n) is 3.48. The first-order valence-electron chi connectivity index (χ1n) is 7.19. The van der Waals surface area contributed by atoms with Gasteiger partial charge in [0.15, 0.2) is 0 Å². The van der Waals surface area contributed by atoms with Crippen molar-refractivity contribution in [2.45, 2.75) is 38.6 Å². The molecule has 1 aliphatic carbocycles. The highest BCUT2D eigenvalue weighted by atomic mass is 35.5. The van der Waals surface area contributed by atoms with Crippen LogP contribution in [0.25, 0.3) is 0 Å². The quantitative estimate of drug-likeness (QED) is 0.760. The van der Waals surface area contributed by atoms with Gasteiger partial charge in [-0.15, -0.1) is 0 Å². The van der Waals surface area contributed by atoms with Gasteiger partial charge in [-0.3, -0.25) is 9.69 Å². The number of nitrogens with two attached hydrogens (primary N) is 1. The van der Waals surface area contributed by atoms with E-state index >= 15 is 0 Å². The molecule has 0 radical (unpaired) electrons. The number of nitrogens with one attached hydrogen (secondary N) is 1. The van der Waals surface area contributed by atoms with Crippen molar-refractivity contribution in [1.29, 1.82) is 0 Å². The molecule has 0 aliphatic heterocycles. The van der Waals surface area contributed by atoms with Crippen LogP contribution >= 0.6 is 11.6 Å². The lowest BCUT2D eigenvalue weighted by atomic mass is 10.2. The van der Waals surface area contributed by atoms with E-state index in [4.69, 9.17) is 17.3 Å². The highest BCUT2D eigenvalue weighted by Crippen LogP contribution is 2.27. The minimum atomic E-state index is -0.0142. The van der Waals surface area contributed by atoms with Crippen LogP contribution in [-0.4, -0.2) is 29.9 Å². The van der Waals surface area contributed by atoms with Gasteiger partial charge in [-0.25, -0.2) is 0 Å². The molecule has 0 aromatic heterocycles. The highest BCUT2D eigenvalue weighted by Gasteiger charge is 2.29. The molecule has 0 atom stereocenters. The number of unbranched alkanes of at least 4 members (excludes halogenated alkanes) is 1. The van der Waals surface area contributed by atoms with Gasteiger partial charge in [-0.05, 0) is 44.0 Å². The van der Waals surface area contributed by atoms with Gasteiger partial charge in [0.25, 0.3) is 0 Å². The maximum absolute atomic E-state index is 12.1. The average Bonchev–Trinajstić information content (AvgIpc) is 3.22. The summed E-state index contributed by atoms with van der Waals surface area (Å²) < 4.78 is 0. The molecule has 5 heteroatoms. The molecule has 1 fully saturated rings. The molecule has 2 rings (SSSR count). The van der Waals surface area contributed by atoms with Gasteiger partial charge in [0, 0.05) is 11.7 Å². The Labute approximate surface area is 125 Å². The smallest absolute Gasteiger partial charge is 0.238 e. The van der Waals surface area contributed by atoms with Gasteiger partial charge in [0.1, 0.15) is 0 Å². The molecular weight excluding hydrogens is 274 g/mol. The van der Waals surface area contributed by atoms with Crippen LogP contribution in [0.3, 0.4) is 0 Å². The predicted molar refractivity (Wildman–Crippen MR) is 84.0 cm³/mol. The van der Waals surface area contributed by atoms with Gasteiger partial charge < -0.3 is 11.1 Å². The van der Waals surface area contributed by atoms with Crippen LogP contribution in [0.2, 0.25) is 5.02 Å². The number of hydrogen-bond donors (Lipinski definition) is 2. The topological polar surface area (TPSA) is 58.4 Å². The summed E-state index contributed by atoms with van der Waals surface area (Å²) in [6, 6.07) is 5.71. The fraction of sp³-hybridized carbons (Fsp3) is 0.533. The molecule has 1 aromatic carbocycles. The highest BCUT2D eigenvalue weighted by molar-refractivity contribution is 6.34. The number of amides is 1. The first-order valence-corrected chi connectivity index (χ1v) is 7.57. The molecule has 1 amide bonds. The Kier molecular flexibility index (Phi) is 5.26. The van der Waals surface area contributed by atoms with Crippen LogP contribution in [0.1, 0.15) is 32.6 Å². The van der Waals surface area contributed by atoms with Gasteiger partial charge in [0.05, 0.1) is 17.3 Å². The Balaban J connectivity index is 1.90. The molecule has 0 bridgehead atoms. The Hall–Kier alpha value is -1.26. The van der Waals surface area contributed by atoms with Crippen LogP contribution < -0.4 is 11.1 Å². The van der Waals surface area contributed by atoms with E-state index in [2.05, 4.69) is 17.1 Å². The van der Waals surface area contributed by atoms with Crippen molar-refractivity contribution in [3.8, 4) is 0 Å². The summed E-state index contributed by atoms with van der Waals surface area (Å²) in [7, 11) is 0. The molecule has 110 valence electrons. The molecule has 0 heterocycles. The number of carbonyl (C=O) groups is 1. The summed E-state index contributed by atoms with van der Waals surface area (Å²) in [5, 5.41) is 3.34. The SMILES string of the molecule is CCCCN(CC(=O)Nc1ccc(N)cc1Cl)C1CC1. The fourth-order valence-electron chi connectivity index (χ4n) is 2.20. The first-order chi connectivity index (χ1) is 9.60. The molecular formula is C15H22ClN3O. The monoisotopic (exact) mass is 295 g/mol.